The first-order chi connectivity index (χ1) is 9.45. The van der Waals surface area contributed by atoms with Gasteiger partial charge in [0, 0.05) is 22.8 Å². The highest BCUT2D eigenvalue weighted by Crippen LogP contribution is 2.19. The largest absolute Gasteiger partial charge is 0.383 e. The third kappa shape index (κ3) is 5.26. The molecule has 1 unspecified atom stereocenters. The van der Waals surface area contributed by atoms with Gasteiger partial charge in [0.05, 0.1) is 11.6 Å². The molecule has 0 radical (unpaired) electrons. The van der Waals surface area contributed by atoms with Crippen molar-refractivity contribution in [2.45, 2.75) is 13.0 Å². The van der Waals surface area contributed by atoms with Crippen molar-refractivity contribution in [1.82, 2.24) is 10.6 Å². The van der Waals surface area contributed by atoms with Gasteiger partial charge in [-0.25, -0.2) is 0 Å². The summed E-state index contributed by atoms with van der Waals surface area (Å²) in [6.07, 6.45) is 0. The predicted molar refractivity (Wildman–Crippen MR) is 86.0 cm³/mol. The summed E-state index contributed by atoms with van der Waals surface area (Å²) in [7, 11) is 1.55. The number of methoxy groups -OCH3 is 1. The van der Waals surface area contributed by atoms with E-state index in [-0.39, 0.29) is 11.8 Å². The highest BCUT2D eigenvalue weighted by atomic mass is 127. The van der Waals surface area contributed by atoms with Crippen LogP contribution in [0.2, 0.25) is 5.02 Å². The van der Waals surface area contributed by atoms with E-state index in [1.807, 2.05) is 0 Å². The number of amides is 2. The Morgan fingerprint density at radius 1 is 1.45 bits per heavy atom. The number of carbonyl (C=O) groups is 2. The lowest BCUT2D eigenvalue weighted by Gasteiger charge is -2.14. The molecule has 20 heavy (non-hydrogen) atoms. The molecule has 0 aliphatic heterocycles. The molecule has 2 N–H and O–H groups in total. The molecule has 0 heterocycles. The van der Waals surface area contributed by atoms with Crippen molar-refractivity contribution < 1.29 is 14.3 Å². The van der Waals surface area contributed by atoms with Gasteiger partial charge in [-0.15, -0.1) is 0 Å². The Morgan fingerprint density at radius 2 is 2.15 bits per heavy atom. The molecule has 0 spiro atoms. The maximum Gasteiger partial charge on any atom is 0.251 e. The first-order valence-electron chi connectivity index (χ1n) is 5.98. The molecule has 1 aromatic rings. The topological polar surface area (TPSA) is 67.4 Å². The van der Waals surface area contributed by atoms with Crippen molar-refractivity contribution in [2.75, 3.05) is 20.3 Å². The van der Waals surface area contributed by atoms with E-state index in [0.29, 0.717) is 23.7 Å². The maximum atomic E-state index is 12.0. The van der Waals surface area contributed by atoms with Gasteiger partial charge in [-0.3, -0.25) is 9.59 Å². The molecule has 0 fully saturated rings. The average molecular weight is 411 g/mol. The molecule has 7 heteroatoms. The molecule has 110 valence electrons. The molecule has 0 saturated heterocycles. The van der Waals surface area contributed by atoms with Crippen LogP contribution >= 0.6 is 34.2 Å². The molecule has 0 bridgehead atoms. The molecule has 5 nitrogen and oxygen atoms in total. The number of hydrogen-bond acceptors (Lipinski definition) is 3. The van der Waals surface area contributed by atoms with Gasteiger partial charge in [0.25, 0.3) is 5.91 Å². The summed E-state index contributed by atoms with van der Waals surface area (Å²) in [6, 6.07) is 4.37. The molecule has 2 amide bonds. The van der Waals surface area contributed by atoms with Crippen LogP contribution in [0.3, 0.4) is 0 Å². The molecule has 1 aromatic carbocycles. The Bertz CT molecular complexity index is 497. The van der Waals surface area contributed by atoms with E-state index in [9.17, 15) is 9.59 Å². The van der Waals surface area contributed by atoms with Crippen LogP contribution in [0.15, 0.2) is 18.2 Å². The van der Waals surface area contributed by atoms with Crippen LogP contribution in [0.4, 0.5) is 0 Å². The van der Waals surface area contributed by atoms with Crippen LogP contribution in [0, 0.1) is 3.57 Å². The lowest BCUT2D eigenvalue weighted by molar-refractivity contribution is -0.122. The lowest BCUT2D eigenvalue weighted by Crippen LogP contribution is -2.45. The predicted octanol–water partition coefficient (Wildman–Crippen LogP) is 1.83. The first-order valence-corrected chi connectivity index (χ1v) is 7.44. The normalized spacial score (nSPS) is 11.8. The Labute approximate surface area is 136 Å². The van der Waals surface area contributed by atoms with Gasteiger partial charge in [0.2, 0.25) is 5.91 Å². The molecule has 1 atom stereocenters. The summed E-state index contributed by atoms with van der Waals surface area (Å²) in [5.41, 5.74) is 0.423. The van der Waals surface area contributed by atoms with Crippen molar-refractivity contribution in [3.05, 3.63) is 32.4 Å². The minimum atomic E-state index is -0.627. The van der Waals surface area contributed by atoms with Gasteiger partial charge in [-0.05, 0) is 47.7 Å². The fourth-order valence-corrected chi connectivity index (χ4v) is 1.93. The van der Waals surface area contributed by atoms with Gasteiger partial charge in [0.15, 0.2) is 0 Å². The highest BCUT2D eigenvalue weighted by Gasteiger charge is 2.16. The summed E-state index contributed by atoms with van der Waals surface area (Å²) in [4.78, 5) is 23.7. The molecule has 0 aromatic heterocycles. The SMILES string of the molecule is COCCNC(=O)C(C)NC(=O)c1ccc(I)c(Cl)c1. The van der Waals surface area contributed by atoms with Crippen LogP contribution in [-0.4, -0.2) is 38.1 Å². The van der Waals surface area contributed by atoms with Gasteiger partial charge >= 0.3 is 0 Å². The highest BCUT2D eigenvalue weighted by molar-refractivity contribution is 14.1. The third-order valence-electron chi connectivity index (χ3n) is 2.53. The number of ether oxygens (including phenoxy) is 1. The summed E-state index contributed by atoms with van der Waals surface area (Å²) < 4.78 is 5.70. The number of rotatable bonds is 6. The van der Waals surface area contributed by atoms with Crippen molar-refractivity contribution in [3.8, 4) is 0 Å². The van der Waals surface area contributed by atoms with Gasteiger partial charge in [-0.2, -0.15) is 0 Å². The van der Waals surface area contributed by atoms with E-state index in [0.717, 1.165) is 3.57 Å². The smallest absolute Gasteiger partial charge is 0.251 e. The van der Waals surface area contributed by atoms with Crippen LogP contribution in [0.1, 0.15) is 17.3 Å². The van der Waals surface area contributed by atoms with Gasteiger partial charge < -0.3 is 15.4 Å². The van der Waals surface area contributed by atoms with E-state index in [2.05, 4.69) is 33.2 Å². The summed E-state index contributed by atoms with van der Waals surface area (Å²) >= 11 is 8.04. The minimum Gasteiger partial charge on any atom is -0.383 e. The average Bonchev–Trinajstić information content (AvgIpc) is 2.41. The molecular weight excluding hydrogens is 395 g/mol. The van der Waals surface area contributed by atoms with E-state index >= 15 is 0 Å². The van der Waals surface area contributed by atoms with Crippen molar-refractivity contribution >= 4 is 46.0 Å². The first kappa shape index (κ1) is 17.2. The van der Waals surface area contributed by atoms with Crippen LogP contribution in [0.5, 0.6) is 0 Å². The number of carbonyl (C=O) groups excluding carboxylic acids is 2. The number of halogens is 2. The minimum absolute atomic E-state index is 0.257. The Morgan fingerprint density at radius 3 is 2.75 bits per heavy atom. The van der Waals surface area contributed by atoms with Crippen LogP contribution in [-0.2, 0) is 9.53 Å². The standard InChI is InChI=1S/C13H16ClIN2O3/c1-8(12(18)16-5-6-20-2)17-13(19)9-3-4-11(15)10(14)7-9/h3-4,7-8H,5-6H2,1-2H3,(H,16,18)(H,17,19). The zero-order valence-corrected chi connectivity index (χ0v) is 14.1. The van der Waals surface area contributed by atoms with Gasteiger partial charge in [0.1, 0.15) is 6.04 Å². The number of nitrogens with one attached hydrogen (secondary N) is 2. The molecule has 1 rings (SSSR count). The number of benzene rings is 1. The molecular formula is C13H16ClIN2O3. The lowest BCUT2D eigenvalue weighted by atomic mass is 10.2. The monoisotopic (exact) mass is 410 g/mol. The fraction of sp³-hybridized carbons (Fsp3) is 0.385. The second-order valence-electron chi connectivity index (χ2n) is 4.11. The fourth-order valence-electron chi connectivity index (χ4n) is 1.41. The Kier molecular flexibility index (Phi) is 7.25. The molecule has 0 aliphatic carbocycles. The zero-order valence-electron chi connectivity index (χ0n) is 11.2. The molecule has 0 aliphatic rings. The van der Waals surface area contributed by atoms with Crippen molar-refractivity contribution in [1.29, 1.82) is 0 Å². The summed E-state index contributed by atoms with van der Waals surface area (Å²) in [6.45, 7) is 2.46. The second-order valence-corrected chi connectivity index (χ2v) is 5.68. The van der Waals surface area contributed by atoms with Crippen molar-refractivity contribution in [3.63, 3.8) is 0 Å². The summed E-state index contributed by atoms with van der Waals surface area (Å²) in [5.74, 6) is -0.593. The van der Waals surface area contributed by atoms with E-state index < -0.39 is 6.04 Å². The zero-order chi connectivity index (χ0) is 15.1. The number of hydrogen-bond donors (Lipinski definition) is 2. The third-order valence-corrected chi connectivity index (χ3v) is 4.10. The van der Waals surface area contributed by atoms with Crippen LogP contribution in [0.25, 0.3) is 0 Å². The van der Waals surface area contributed by atoms with Crippen LogP contribution < -0.4 is 10.6 Å². The Hall–Kier alpha value is -0.860. The van der Waals surface area contributed by atoms with Gasteiger partial charge in [-0.1, -0.05) is 11.6 Å². The quantitative estimate of drug-likeness (QED) is 0.555. The second kappa shape index (κ2) is 8.43. The summed E-state index contributed by atoms with van der Waals surface area (Å²) in [5, 5.41) is 5.78. The Balaban J connectivity index is 2.56. The van der Waals surface area contributed by atoms with E-state index in [4.69, 9.17) is 16.3 Å². The molecule has 0 saturated carbocycles. The van der Waals surface area contributed by atoms with E-state index in [1.54, 1.807) is 32.2 Å². The van der Waals surface area contributed by atoms with E-state index in [1.165, 1.54) is 0 Å². The van der Waals surface area contributed by atoms with Crippen molar-refractivity contribution in [2.24, 2.45) is 0 Å². The maximum absolute atomic E-state index is 12.0.